The molecule has 2 aromatic rings. The highest BCUT2D eigenvalue weighted by Crippen LogP contribution is 2.29. The molecule has 2 atom stereocenters. The summed E-state index contributed by atoms with van der Waals surface area (Å²) in [5.74, 6) is 4.87. The topological polar surface area (TPSA) is 105 Å². The standard InChI is InChI=1S/C24H25F3N4O4/c1-16(32)21(22(33)29-35)28-23(34)31-14-12-30(13-15-31)20-10-6-18(7-11-20)3-2-17-4-8-19(9-5-17)24(25,26)27/h4-11,16,21,32,35H,12-15H2,1H3,(H,28,34)(H,29,33)/t16-,21+/m1/s1. The van der Waals surface area contributed by atoms with Crippen molar-refractivity contribution in [3.05, 3.63) is 65.2 Å². The van der Waals surface area contributed by atoms with Gasteiger partial charge in [-0.05, 0) is 55.5 Å². The molecule has 3 amide bonds. The minimum Gasteiger partial charge on any atom is -0.391 e. The molecule has 1 heterocycles. The van der Waals surface area contributed by atoms with Gasteiger partial charge in [-0.25, -0.2) is 10.3 Å². The van der Waals surface area contributed by atoms with E-state index < -0.39 is 35.8 Å². The van der Waals surface area contributed by atoms with Crippen LogP contribution in [0.2, 0.25) is 0 Å². The molecular weight excluding hydrogens is 465 g/mol. The number of carbonyl (C=O) groups is 2. The van der Waals surface area contributed by atoms with E-state index >= 15 is 0 Å². The summed E-state index contributed by atoms with van der Waals surface area (Å²) in [6.45, 7) is 3.17. The molecule has 0 bridgehead atoms. The average molecular weight is 490 g/mol. The fourth-order valence-corrected chi connectivity index (χ4v) is 3.51. The van der Waals surface area contributed by atoms with Crippen molar-refractivity contribution in [3.63, 3.8) is 0 Å². The molecule has 4 N–H and O–H groups in total. The number of carbonyl (C=O) groups excluding carboxylic acids is 2. The molecular formula is C24H25F3N4O4. The molecule has 0 radical (unpaired) electrons. The van der Waals surface area contributed by atoms with Gasteiger partial charge in [0.2, 0.25) is 0 Å². The maximum absolute atomic E-state index is 12.6. The number of aliphatic hydroxyl groups excluding tert-OH is 1. The maximum Gasteiger partial charge on any atom is 0.416 e. The van der Waals surface area contributed by atoms with Gasteiger partial charge in [0.1, 0.15) is 6.04 Å². The summed E-state index contributed by atoms with van der Waals surface area (Å²) in [7, 11) is 0. The third-order valence-corrected chi connectivity index (χ3v) is 5.52. The minimum absolute atomic E-state index is 0.384. The first-order valence-electron chi connectivity index (χ1n) is 10.8. The highest BCUT2D eigenvalue weighted by atomic mass is 19.4. The smallest absolute Gasteiger partial charge is 0.391 e. The van der Waals surface area contributed by atoms with Crippen molar-refractivity contribution in [2.45, 2.75) is 25.2 Å². The van der Waals surface area contributed by atoms with Crippen molar-refractivity contribution < 1.29 is 33.1 Å². The zero-order chi connectivity index (χ0) is 25.6. The first-order chi connectivity index (χ1) is 16.6. The number of urea groups is 1. The molecule has 8 nitrogen and oxygen atoms in total. The molecule has 0 spiro atoms. The van der Waals surface area contributed by atoms with Crippen LogP contribution in [0, 0.1) is 11.8 Å². The van der Waals surface area contributed by atoms with E-state index in [9.17, 15) is 27.9 Å². The van der Waals surface area contributed by atoms with Crippen LogP contribution in [0.4, 0.5) is 23.7 Å². The molecule has 35 heavy (non-hydrogen) atoms. The zero-order valence-corrected chi connectivity index (χ0v) is 18.8. The molecule has 3 rings (SSSR count). The van der Waals surface area contributed by atoms with Crippen LogP contribution >= 0.6 is 0 Å². The predicted molar refractivity (Wildman–Crippen MR) is 122 cm³/mol. The number of rotatable bonds is 4. The summed E-state index contributed by atoms with van der Waals surface area (Å²) in [5.41, 5.74) is 2.81. The number of nitrogens with zero attached hydrogens (tertiary/aromatic N) is 2. The Bertz CT molecular complexity index is 1080. The Kier molecular flexibility index (Phi) is 8.22. The number of aliphatic hydroxyl groups is 1. The minimum atomic E-state index is -4.38. The van der Waals surface area contributed by atoms with Crippen LogP contribution in [0.15, 0.2) is 48.5 Å². The van der Waals surface area contributed by atoms with Crippen molar-refractivity contribution in [1.29, 1.82) is 0 Å². The Balaban J connectivity index is 1.55. The van der Waals surface area contributed by atoms with E-state index in [1.807, 2.05) is 24.3 Å². The summed E-state index contributed by atoms with van der Waals surface area (Å²) in [6.07, 6.45) is -5.57. The second-order valence-corrected chi connectivity index (χ2v) is 7.99. The van der Waals surface area contributed by atoms with Gasteiger partial charge >= 0.3 is 12.2 Å². The van der Waals surface area contributed by atoms with Gasteiger partial charge < -0.3 is 20.2 Å². The highest BCUT2D eigenvalue weighted by Gasteiger charge is 2.30. The van der Waals surface area contributed by atoms with Crippen LogP contribution in [0.1, 0.15) is 23.6 Å². The zero-order valence-electron chi connectivity index (χ0n) is 18.8. The lowest BCUT2D eigenvalue weighted by Gasteiger charge is -2.36. The number of alkyl halides is 3. The molecule has 0 aromatic heterocycles. The number of piperazine rings is 1. The van der Waals surface area contributed by atoms with Gasteiger partial charge in [0.15, 0.2) is 0 Å². The molecule has 1 aliphatic rings. The Morgan fingerprint density at radius 1 is 0.943 bits per heavy atom. The summed E-state index contributed by atoms with van der Waals surface area (Å²) in [4.78, 5) is 27.6. The number of hydrogen-bond donors (Lipinski definition) is 4. The van der Waals surface area contributed by atoms with Gasteiger partial charge in [-0.2, -0.15) is 13.2 Å². The molecule has 0 unspecified atom stereocenters. The number of hydroxylamine groups is 1. The molecule has 11 heteroatoms. The van der Waals surface area contributed by atoms with Crippen molar-refractivity contribution in [2.24, 2.45) is 0 Å². The van der Waals surface area contributed by atoms with Crippen LogP contribution in [0.5, 0.6) is 0 Å². The molecule has 186 valence electrons. The normalized spacial score (nSPS) is 15.5. The van der Waals surface area contributed by atoms with Crippen LogP contribution < -0.4 is 15.7 Å². The molecule has 2 aromatic carbocycles. The first-order valence-corrected chi connectivity index (χ1v) is 10.8. The van der Waals surface area contributed by atoms with Crippen molar-refractivity contribution in [2.75, 3.05) is 31.1 Å². The first kappa shape index (κ1) is 25.9. The molecule has 0 saturated carbocycles. The lowest BCUT2D eigenvalue weighted by atomic mass is 10.1. The van der Waals surface area contributed by atoms with Crippen LogP contribution in [0.25, 0.3) is 0 Å². The van der Waals surface area contributed by atoms with Crippen LogP contribution in [-0.4, -0.2) is 65.5 Å². The SMILES string of the molecule is C[C@@H](O)[C@H](NC(=O)N1CCN(c2ccc(C#Cc3ccc(C(F)(F)F)cc3)cc2)CC1)C(=O)NO. The Labute approximate surface area is 200 Å². The van der Waals surface area contributed by atoms with Gasteiger partial charge in [0.05, 0.1) is 11.7 Å². The van der Waals surface area contributed by atoms with Gasteiger partial charge in [-0.3, -0.25) is 10.0 Å². The van der Waals surface area contributed by atoms with E-state index in [0.717, 1.165) is 17.8 Å². The summed E-state index contributed by atoms with van der Waals surface area (Å²) in [5, 5.41) is 20.8. The Hall–Kier alpha value is -3.75. The number of nitrogens with one attached hydrogen (secondary N) is 2. The Morgan fingerprint density at radius 3 is 1.91 bits per heavy atom. The van der Waals surface area contributed by atoms with E-state index in [1.54, 1.807) is 0 Å². The van der Waals surface area contributed by atoms with E-state index in [0.29, 0.717) is 37.3 Å². The van der Waals surface area contributed by atoms with Gasteiger partial charge in [-0.15, -0.1) is 0 Å². The number of benzene rings is 2. The van der Waals surface area contributed by atoms with Crippen molar-refractivity contribution in [3.8, 4) is 11.8 Å². The second kappa shape index (κ2) is 11.1. The largest absolute Gasteiger partial charge is 0.416 e. The fourth-order valence-electron chi connectivity index (χ4n) is 3.51. The number of hydrogen-bond acceptors (Lipinski definition) is 5. The molecule has 1 fully saturated rings. The van der Waals surface area contributed by atoms with Crippen LogP contribution in [0.3, 0.4) is 0 Å². The number of amides is 3. The third kappa shape index (κ3) is 6.88. The fraction of sp³-hybridized carbons (Fsp3) is 0.333. The summed E-state index contributed by atoms with van der Waals surface area (Å²) < 4.78 is 37.9. The predicted octanol–water partition coefficient (Wildman–Crippen LogP) is 2.19. The Morgan fingerprint density at radius 2 is 1.46 bits per heavy atom. The summed E-state index contributed by atoms with van der Waals surface area (Å²) in [6, 6.07) is 10.2. The van der Waals surface area contributed by atoms with Crippen molar-refractivity contribution >= 4 is 17.6 Å². The highest BCUT2D eigenvalue weighted by molar-refractivity contribution is 5.87. The van der Waals surface area contributed by atoms with Gasteiger partial charge in [-0.1, -0.05) is 11.8 Å². The van der Waals surface area contributed by atoms with Gasteiger partial charge in [0, 0.05) is 43.0 Å². The number of halogens is 3. The second-order valence-electron chi connectivity index (χ2n) is 7.99. The van der Waals surface area contributed by atoms with E-state index in [-0.39, 0.29) is 0 Å². The van der Waals surface area contributed by atoms with Gasteiger partial charge in [0.25, 0.3) is 5.91 Å². The monoisotopic (exact) mass is 490 g/mol. The molecule has 0 aliphatic carbocycles. The van der Waals surface area contributed by atoms with E-state index in [2.05, 4.69) is 22.1 Å². The molecule has 1 aliphatic heterocycles. The number of anilines is 1. The molecule has 1 saturated heterocycles. The third-order valence-electron chi connectivity index (χ3n) is 5.52. The quantitative estimate of drug-likeness (QED) is 0.299. The van der Waals surface area contributed by atoms with E-state index in [4.69, 9.17) is 5.21 Å². The summed E-state index contributed by atoms with van der Waals surface area (Å²) >= 11 is 0. The average Bonchev–Trinajstić information content (AvgIpc) is 2.85. The van der Waals surface area contributed by atoms with E-state index in [1.165, 1.54) is 29.4 Å². The lowest BCUT2D eigenvalue weighted by Crippen LogP contribution is -2.58. The van der Waals surface area contributed by atoms with Crippen molar-refractivity contribution in [1.82, 2.24) is 15.7 Å². The maximum atomic E-state index is 12.6. The van der Waals surface area contributed by atoms with Crippen LogP contribution in [-0.2, 0) is 11.0 Å². The lowest BCUT2D eigenvalue weighted by molar-refractivity contribution is -0.137.